The van der Waals surface area contributed by atoms with Gasteiger partial charge in [-0.15, -0.1) is 0 Å². The van der Waals surface area contributed by atoms with Gasteiger partial charge in [-0.2, -0.15) is 0 Å². The molecule has 1 amide bonds. The van der Waals surface area contributed by atoms with E-state index in [0.29, 0.717) is 23.4 Å². The highest BCUT2D eigenvalue weighted by molar-refractivity contribution is 7.89. The van der Waals surface area contributed by atoms with Gasteiger partial charge in [0.25, 0.3) is 5.91 Å². The van der Waals surface area contributed by atoms with E-state index in [4.69, 9.17) is 4.74 Å². The Labute approximate surface area is 148 Å². The molecule has 0 saturated heterocycles. The lowest BCUT2D eigenvalue weighted by Gasteiger charge is -2.13. The lowest BCUT2D eigenvalue weighted by molar-refractivity contribution is 0.102. The fraction of sp³-hybridized carbons (Fsp3) is 0.278. The summed E-state index contributed by atoms with van der Waals surface area (Å²) in [5.74, 6) is 0.205. The third kappa shape index (κ3) is 4.80. The van der Waals surface area contributed by atoms with Gasteiger partial charge in [-0.05, 0) is 49.7 Å². The first-order valence-electron chi connectivity index (χ1n) is 7.94. The number of anilines is 1. The van der Waals surface area contributed by atoms with Crippen molar-refractivity contribution < 1.29 is 17.9 Å². The lowest BCUT2D eigenvalue weighted by atomic mass is 10.2. The van der Waals surface area contributed by atoms with Crippen LogP contribution in [0.15, 0.2) is 53.4 Å². The molecule has 134 valence electrons. The summed E-state index contributed by atoms with van der Waals surface area (Å²) in [6, 6.07) is 12.7. The van der Waals surface area contributed by atoms with Crippen molar-refractivity contribution in [3.63, 3.8) is 0 Å². The first-order chi connectivity index (χ1) is 11.9. The molecule has 0 aliphatic rings. The van der Waals surface area contributed by atoms with Crippen molar-refractivity contribution in [2.45, 2.75) is 31.2 Å². The van der Waals surface area contributed by atoms with Gasteiger partial charge >= 0.3 is 0 Å². The Balaban J connectivity index is 2.15. The van der Waals surface area contributed by atoms with Crippen LogP contribution < -0.4 is 14.8 Å². The Morgan fingerprint density at radius 2 is 1.76 bits per heavy atom. The summed E-state index contributed by atoms with van der Waals surface area (Å²) in [4.78, 5) is 12.5. The van der Waals surface area contributed by atoms with Crippen LogP contribution in [0.5, 0.6) is 5.75 Å². The fourth-order valence-electron chi connectivity index (χ4n) is 2.14. The van der Waals surface area contributed by atoms with Crippen molar-refractivity contribution in [2.24, 2.45) is 0 Å². The Hall–Kier alpha value is -2.38. The summed E-state index contributed by atoms with van der Waals surface area (Å²) >= 11 is 0. The molecule has 6 nitrogen and oxygen atoms in total. The minimum absolute atomic E-state index is 0.127. The van der Waals surface area contributed by atoms with E-state index < -0.39 is 10.0 Å². The van der Waals surface area contributed by atoms with Crippen molar-refractivity contribution in [3.05, 3.63) is 54.1 Å². The van der Waals surface area contributed by atoms with Gasteiger partial charge in [-0.25, -0.2) is 13.1 Å². The molecule has 0 spiro atoms. The number of hydrogen-bond donors (Lipinski definition) is 2. The predicted molar refractivity (Wildman–Crippen MR) is 97.5 cm³/mol. The van der Waals surface area contributed by atoms with Crippen molar-refractivity contribution in [1.29, 1.82) is 0 Å². The molecular formula is C18H22N2O4S. The lowest BCUT2D eigenvalue weighted by Crippen LogP contribution is -2.32. The maximum Gasteiger partial charge on any atom is 0.255 e. The molecule has 1 unspecified atom stereocenters. The van der Waals surface area contributed by atoms with Crippen LogP contribution in [0.4, 0.5) is 5.69 Å². The van der Waals surface area contributed by atoms with E-state index >= 15 is 0 Å². The number of sulfonamides is 1. The molecule has 0 heterocycles. The first-order valence-corrected chi connectivity index (χ1v) is 9.42. The topological polar surface area (TPSA) is 84.5 Å². The summed E-state index contributed by atoms with van der Waals surface area (Å²) in [7, 11) is -2.06. The largest absolute Gasteiger partial charge is 0.495 e. The zero-order valence-electron chi connectivity index (χ0n) is 14.4. The summed E-state index contributed by atoms with van der Waals surface area (Å²) in [6.45, 7) is 3.70. The van der Waals surface area contributed by atoms with Crippen molar-refractivity contribution in [1.82, 2.24) is 4.72 Å². The number of carbonyl (C=O) groups is 1. The van der Waals surface area contributed by atoms with Gasteiger partial charge in [0, 0.05) is 11.6 Å². The van der Waals surface area contributed by atoms with Crippen molar-refractivity contribution >= 4 is 21.6 Å². The summed E-state index contributed by atoms with van der Waals surface area (Å²) < 4.78 is 32.2. The number of nitrogens with one attached hydrogen (secondary N) is 2. The van der Waals surface area contributed by atoms with Crippen molar-refractivity contribution in [2.75, 3.05) is 12.4 Å². The Morgan fingerprint density at radius 1 is 1.12 bits per heavy atom. The summed E-state index contributed by atoms with van der Waals surface area (Å²) in [5, 5.41) is 2.75. The van der Waals surface area contributed by atoms with E-state index in [1.54, 1.807) is 31.2 Å². The van der Waals surface area contributed by atoms with Crippen LogP contribution in [0.2, 0.25) is 0 Å². The molecule has 2 aromatic carbocycles. The Bertz CT molecular complexity index is 832. The smallest absolute Gasteiger partial charge is 0.255 e. The predicted octanol–water partition coefficient (Wildman–Crippen LogP) is 3.02. The third-order valence-corrected chi connectivity index (χ3v) is 5.36. The maximum absolute atomic E-state index is 12.3. The highest BCUT2D eigenvalue weighted by atomic mass is 32.2. The Kier molecular flexibility index (Phi) is 6.17. The molecule has 7 heteroatoms. The van der Waals surface area contributed by atoms with Crippen LogP contribution >= 0.6 is 0 Å². The summed E-state index contributed by atoms with van der Waals surface area (Å²) in [5.41, 5.74) is 0.901. The molecule has 0 saturated carbocycles. The molecule has 25 heavy (non-hydrogen) atoms. The second-order valence-electron chi connectivity index (χ2n) is 5.61. The van der Waals surface area contributed by atoms with E-state index in [-0.39, 0.29) is 16.8 Å². The van der Waals surface area contributed by atoms with Crippen LogP contribution in [-0.4, -0.2) is 27.5 Å². The second kappa shape index (κ2) is 8.13. The number of para-hydroxylation sites is 2. The van der Waals surface area contributed by atoms with Crippen LogP contribution in [0.25, 0.3) is 0 Å². The number of methoxy groups -OCH3 is 1. The number of hydrogen-bond acceptors (Lipinski definition) is 4. The van der Waals surface area contributed by atoms with Crippen LogP contribution in [-0.2, 0) is 10.0 Å². The monoisotopic (exact) mass is 362 g/mol. The fourth-order valence-corrected chi connectivity index (χ4v) is 3.47. The highest BCUT2D eigenvalue weighted by Crippen LogP contribution is 2.23. The molecule has 0 bridgehead atoms. The zero-order chi connectivity index (χ0) is 18.4. The highest BCUT2D eigenvalue weighted by Gasteiger charge is 2.17. The molecule has 2 aromatic rings. The van der Waals surface area contributed by atoms with Crippen LogP contribution in [0.1, 0.15) is 30.6 Å². The van der Waals surface area contributed by atoms with Crippen LogP contribution in [0.3, 0.4) is 0 Å². The molecule has 0 aliphatic carbocycles. The zero-order valence-corrected chi connectivity index (χ0v) is 15.3. The number of amides is 1. The number of ether oxygens (including phenoxy) is 1. The van der Waals surface area contributed by atoms with Gasteiger partial charge in [0.1, 0.15) is 5.75 Å². The van der Waals surface area contributed by atoms with E-state index in [0.717, 1.165) is 0 Å². The molecule has 2 rings (SSSR count). The average molecular weight is 362 g/mol. The van der Waals surface area contributed by atoms with E-state index in [1.165, 1.54) is 31.4 Å². The third-order valence-electron chi connectivity index (χ3n) is 3.75. The number of rotatable bonds is 7. The van der Waals surface area contributed by atoms with Gasteiger partial charge < -0.3 is 10.1 Å². The maximum atomic E-state index is 12.3. The minimum atomic E-state index is -3.59. The van der Waals surface area contributed by atoms with E-state index in [1.807, 2.05) is 6.92 Å². The SMILES string of the molecule is CCC(C)NS(=O)(=O)c1ccc(C(=O)Nc2ccccc2OC)cc1. The molecule has 0 aromatic heterocycles. The Morgan fingerprint density at radius 3 is 2.36 bits per heavy atom. The molecular weight excluding hydrogens is 340 g/mol. The van der Waals surface area contributed by atoms with Crippen molar-refractivity contribution in [3.8, 4) is 5.75 Å². The van der Waals surface area contributed by atoms with Gasteiger partial charge in [-0.3, -0.25) is 4.79 Å². The van der Waals surface area contributed by atoms with Gasteiger partial charge in [0.05, 0.1) is 17.7 Å². The van der Waals surface area contributed by atoms with Crippen LogP contribution in [0, 0.1) is 0 Å². The van der Waals surface area contributed by atoms with Gasteiger partial charge in [-0.1, -0.05) is 19.1 Å². The first kappa shape index (κ1) is 19.0. The quantitative estimate of drug-likeness (QED) is 0.793. The second-order valence-corrected chi connectivity index (χ2v) is 7.32. The molecule has 0 fully saturated rings. The number of carbonyl (C=O) groups excluding carboxylic acids is 1. The van der Waals surface area contributed by atoms with E-state index in [9.17, 15) is 13.2 Å². The molecule has 1 atom stereocenters. The van der Waals surface area contributed by atoms with Gasteiger partial charge in [0.2, 0.25) is 10.0 Å². The normalized spacial score (nSPS) is 12.4. The standard InChI is InChI=1S/C18H22N2O4S/c1-4-13(2)20-25(22,23)15-11-9-14(10-12-15)18(21)19-16-7-5-6-8-17(16)24-3/h5-13,20H,4H2,1-3H3,(H,19,21). The average Bonchev–Trinajstić information content (AvgIpc) is 2.61. The summed E-state index contributed by atoms with van der Waals surface area (Å²) in [6.07, 6.45) is 0.693. The number of benzene rings is 2. The molecule has 2 N–H and O–H groups in total. The molecule has 0 aliphatic heterocycles. The van der Waals surface area contributed by atoms with Gasteiger partial charge in [0.15, 0.2) is 0 Å². The minimum Gasteiger partial charge on any atom is -0.495 e. The van der Waals surface area contributed by atoms with E-state index in [2.05, 4.69) is 10.0 Å². The molecule has 0 radical (unpaired) electrons.